The van der Waals surface area contributed by atoms with Crippen molar-refractivity contribution in [1.82, 2.24) is 14.9 Å². The topological polar surface area (TPSA) is 49.3 Å². The molecule has 1 atom stereocenters. The van der Waals surface area contributed by atoms with E-state index in [1.54, 1.807) is 12.4 Å². The highest BCUT2D eigenvalue weighted by molar-refractivity contribution is 5.96. The number of carbonyl (C=O) groups is 1. The number of amides is 1. The lowest BCUT2D eigenvalue weighted by Gasteiger charge is -2.58. The molecule has 148 valence electrons. The van der Waals surface area contributed by atoms with Crippen LogP contribution in [0.2, 0.25) is 0 Å². The molecule has 3 aromatic rings. The smallest absolute Gasteiger partial charge is 0.254 e. The van der Waals surface area contributed by atoms with Crippen LogP contribution in [0.1, 0.15) is 40.7 Å². The van der Waals surface area contributed by atoms with Crippen molar-refractivity contribution in [2.45, 2.75) is 38.6 Å². The van der Waals surface area contributed by atoms with Gasteiger partial charge in [-0.25, -0.2) is 0 Å². The quantitative estimate of drug-likeness (QED) is 0.664. The van der Waals surface area contributed by atoms with Gasteiger partial charge in [0.05, 0.1) is 16.6 Å². The highest BCUT2D eigenvalue weighted by Crippen LogP contribution is 2.42. The van der Waals surface area contributed by atoms with Crippen LogP contribution in [0.4, 0.5) is 5.69 Å². The predicted octanol–water partition coefficient (Wildman–Crippen LogP) is 4.13. The van der Waals surface area contributed by atoms with Crippen molar-refractivity contribution < 1.29 is 4.79 Å². The molecule has 0 aliphatic carbocycles. The molecule has 5 heteroatoms. The molecule has 1 spiro atoms. The first-order valence-electron chi connectivity index (χ1n) is 10.4. The fourth-order valence-corrected chi connectivity index (χ4v) is 5.00. The van der Waals surface area contributed by atoms with Gasteiger partial charge in [0.15, 0.2) is 0 Å². The zero-order valence-corrected chi connectivity index (χ0v) is 17.1. The molecule has 1 amide bonds. The first kappa shape index (κ1) is 18.1. The zero-order chi connectivity index (χ0) is 20.0. The summed E-state index contributed by atoms with van der Waals surface area (Å²) in [6, 6.07) is 12.4. The molecule has 2 aliphatic rings. The molecule has 2 saturated heterocycles. The molecule has 3 heterocycles. The van der Waals surface area contributed by atoms with Crippen molar-refractivity contribution in [3.8, 4) is 0 Å². The van der Waals surface area contributed by atoms with E-state index in [0.29, 0.717) is 0 Å². The number of fused-ring (bicyclic) bond motifs is 1. The minimum Gasteiger partial charge on any atom is -0.364 e. The van der Waals surface area contributed by atoms with Crippen LogP contribution >= 0.6 is 0 Å². The number of aryl methyl sites for hydroxylation is 2. The van der Waals surface area contributed by atoms with Crippen molar-refractivity contribution in [2.75, 3.05) is 24.5 Å². The second-order valence-electron chi connectivity index (χ2n) is 8.50. The molecule has 29 heavy (non-hydrogen) atoms. The normalized spacial score (nSPS) is 21.4. The Labute approximate surface area is 171 Å². The number of benzene rings is 2. The van der Waals surface area contributed by atoms with Crippen molar-refractivity contribution in [1.29, 1.82) is 0 Å². The number of nitrogens with zero attached hydrogens (tertiary/aromatic N) is 4. The number of aromatic nitrogens is 2. The number of piperidine rings is 1. The van der Waals surface area contributed by atoms with Gasteiger partial charge in [0, 0.05) is 43.3 Å². The summed E-state index contributed by atoms with van der Waals surface area (Å²) in [5.74, 6) is 0.165. The molecular weight excluding hydrogens is 360 g/mol. The van der Waals surface area contributed by atoms with Crippen LogP contribution in [0.5, 0.6) is 0 Å². The van der Waals surface area contributed by atoms with Gasteiger partial charge in [-0.2, -0.15) is 0 Å². The second kappa shape index (κ2) is 6.83. The van der Waals surface area contributed by atoms with Gasteiger partial charge in [0.1, 0.15) is 0 Å². The third-order valence-electron chi connectivity index (χ3n) is 6.59. The Kier molecular flexibility index (Phi) is 4.26. The Morgan fingerprint density at radius 2 is 1.79 bits per heavy atom. The SMILES string of the molecule is Cc1ccc(C(=O)N2CCC[C@@]3(CCN3c3ccc4nccnc4c3)C2)c(C)c1. The molecule has 0 radical (unpaired) electrons. The van der Waals surface area contributed by atoms with Crippen molar-refractivity contribution >= 4 is 22.6 Å². The molecule has 2 aliphatic heterocycles. The average Bonchev–Trinajstić information content (AvgIpc) is 2.72. The summed E-state index contributed by atoms with van der Waals surface area (Å²) in [5, 5.41) is 0. The van der Waals surface area contributed by atoms with Gasteiger partial charge < -0.3 is 9.80 Å². The van der Waals surface area contributed by atoms with Gasteiger partial charge in [-0.3, -0.25) is 14.8 Å². The maximum absolute atomic E-state index is 13.3. The molecule has 5 rings (SSSR count). The minimum atomic E-state index is 0.0440. The summed E-state index contributed by atoms with van der Waals surface area (Å²) in [7, 11) is 0. The summed E-state index contributed by atoms with van der Waals surface area (Å²) in [6.45, 7) is 6.75. The van der Waals surface area contributed by atoms with Crippen LogP contribution < -0.4 is 4.90 Å². The van der Waals surface area contributed by atoms with Gasteiger partial charge in [0.2, 0.25) is 0 Å². The predicted molar refractivity (Wildman–Crippen MR) is 115 cm³/mol. The first-order chi connectivity index (χ1) is 14.1. The van der Waals surface area contributed by atoms with E-state index in [0.717, 1.165) is 61.1 Å². The first-order valence-corrected chi connectivity index (χ1v) is 10.4. The zero-order valence-electron chi connectivity index (χ0n) is 17.1. The lowest BCUT2D eigenvalue weighted by molar-refractivity contribution is 0.0563. The van der Waals surface area contributed by atoms with Crippen molar-refractivity contribution in [3.05, 3.63) is 65.5 Å². The number of carbonyl (C=O) groups excluding carboxylic acids is 1. The molecule has 5 nitrogen and oxygen atoms in total. The Morgan fingerprint density at radius 3 is 2.55 bits per heavy atom. The van der Waals surface area contributed by atoms with E-state index in [-0.39, 0.29) is 11.4 Å². The highest BCUT2D eigenvalue weighted by Gasteiger charge is 2.48. The second-order valence-corrected chi connectivity index (χ2v) is 8.50. The van der Waals surface area contributed by atoms with Crippen molar-refractivity contribution in [2.24, 2.45) is 0 Å². The summed E-state index contributed by atoms with van der Waals surface area (Å²) in [5.41, 5.74) is 6.16. The summed E-state index contributed by atoms with van der Waals surface area (Å²) in [4.78, 5) is 26.6. The molecule has 0 saturated carbocycles. The van der Waals surface area contributed by atoms with E-state index in [1.807, 2.05) is 25.1 Å². The van der Waals surface area contributed by atoms with Crippen LogP contribution in [0, 0.1) is 13.8 Å². The Bertz CT molecular complexity index is 1100. The Balaban J connectivity index is 1.41. The van der Waals surface area contributed by atoms with E-state index in [9.17, 15) is 4.79 Å². The molecular formula is C24H26N4O. The van der Waals surface area contributed by atoms with Gasteiger partial charge in [-0.05, 0) is 62.9 Å². The van der Waals surface area contributed by atoms with E-state index < -0.39 is 0 Å². The number of anilines is 1. The Hall–Kier alpha value is -2.95. The lowest BCUT2D eigenvalue weighted by atomic mass is 9.77. The van der Waals surface area contributed by atoms with E-state index in [1.165, 1.54) is 11.3 Å². The summed E-state index contributed by atoms with van der Waals surface area (Å²) < 4.78 is 0. The number of rotatable bonds is 2. The van der Waals surface area contributed by atoms with Crippen LogP contribution in [-0.2, 0) is 0 Å². The van der Waals surface area contributed by atoms with Gasteiger partial charge in [-0.15, -0.1) is 0 Å². The van der Waals surface area contributed by atoms with Gasteiger partial charge in [0.25, 0.3) is 5.91 Å². The molecule has 2 aromatic carbocycles. The summed E-state index contributed by atoms with van der Waals surface area (Å²) >= 11 is 0. The van der Waals surface area contributed by atoms with Crippen LogP contribution in [0.25, 0.3) is 11.0 Å². The maximum atomic E-state index is 13.3. The van der Waals surface area contributed by atoms with Gasteiger partial charge >= 0.3 is 0 Å². The standard InChI is InChI=1S/C24H26N4O/c1-17-4-6-20(18(2)14-17)23(29)27-12-3-8-24(16-27)9-13-28(24)19-5-7-21-22(15-19)26-11-10-25-21/h4-7,10-11,14-15H,3,8-9,12-13,16H2,1-2H3/t24-/m1/s1. The lowest BCUT2D eigenvalue weighted by Crippen LogP contribution is -2.68. The third-order valence-corrected chi connectivity index (χ3v) is 6.59. The monoisotopic (exact) mass is 386 g/mol. The molecule has 0 unspecified atom stereocenters. The fourth-order valence-electron chi connectivity index (χ4n) is 5.00. The average molecular weight is 386 g/mol. The van der Waals surface area contributed by atoms with E-state index in [4.69, 9.17) is 0 Å². The molecule has 0 N–H and O–H groups in total. The number of likely N-dealkylation sites (tertiary alicyclic amines) is 1. The van der Waals surface area contributed by atoms with Crippen LogP contribution in [0.15, 0.2) is 48.8 Å². The largest absolute Gasteiger partial charge is 0.364 e. The maximum Gasteiger partial charge on any atom is 0.254 e. The Morgan fingerprint density at radius 1 is 0.966 bits per heavy atom. The number of hydrogen-bond acceptors (Lipinski definition) is 4. The van der Waals surface area contributed by atoms with Crippen LogP contribution in [-0.4, -0.2) is 45.9 Å². The van der Waals surface area contributed by atoms with Crippen LogP contribution in [0.3, 0.4) is 0 Å². The van der Waals surface area contributed by atoms with Gasteiger partial charge in [-0.1, -0.05) is 17.7 Å². The molecule has 2 fully saturated rings. The fraction of sp³-hybridized carbons (Fsp3) is 0.375. The van der Waals surface area contributed by atoms with E-state index >= 15 is 0 Å². The molecule has 0 bridgehead atoms. The summed E-state index contributed by atoms with van der Waals surface area (Å²) in [6.07, 6.45) is 6.76. The minimum absolute atomic E-state index is 0.0440. The molecule has 1 aromatic heterocycles. The van der Waals surface area contributed by atoms with E-state index in [2.05, 4.69) is 44.9 Å². The highest BCUT2D eigenvalue weighted by atomic mass is 16.2. The third kappa shape index (κ3) is 3.05. The van der Waals surface area contributed by atoms with Crippen molar-refractivity contribution in [3.63, 3.8) is 0 Å². The number of hydrogen-bond donors (Lipinski definition) is 0.